The van der Waals surface area contributed by atoms with Crippen LogP contribution in [-0.4, -0.2) is 34.9 Å². The molecule has 0 saturated heterocycles. The summed E-state index contributed by atoms with van der Waals surface area (Å²) in [6.45, 7) is 0. The summed E-state index contributed by atoms with van der Waals surface area (Å²) in [7, 11) is 1.74. The molecular weight excluding hydrogens is 300 g/mol. The third kappa shape index (κ3) is 3.61. The van der Waals surface area contributed by atoms with E-state index in [9.17, 15) is 4.79 Å². The summed E-state index contributed by atoms with van der Waals surface area (Å²) in [6, 6.07) is 0. The van der Waals surface area contributed by atoms with E-state index in [1.54, 1.807) is 7.05 Å². The fraction of sp³-hybridized carbons (Fsp3) is 0.895. The van der Waals surface area contributed by atoms with Crippen LogP contribution in [0.15, 0.2) is 4.99 Å². The highest BCUT2D eigenvalue weighted by atomic mass is 16.2. The first-order chi connectivity index (χ1) is 11.4. The zero-order chi connectivity index (χ0) is 17.2. The lowest BCUT2D eigenvalue weighted by molar-refractivity contribution is -0.131. The topological polar surface area (TPSA) is 84.7 Å². The molecular formula is C19H34N4O. The van der Waals surface area contributed by atoms with E-state index in [1.807, 2.05) is 0 Å². The highest BCUT2D eigenvalue weighted by Gasteiger charge is 2.50. The minimum Gasteiger partial charge on any atom is -0.369 e. The molecule has 0 radical (unpaired) electrons. The summed E-state index contributed by atoms with van der Waals surface area (Å²) >= 11 is 0. The standard InChI is InChI=1S/C19H34N4O/c1-23-16(24)19(22-17(23)20,13-10-15-8-4-2-5-9-15)14-18(21)11-6-3-7-12-18/h15H,2-14,21H2,1H3,(H2,20,22)/t19-/m1/s1. The van der Waals surface area contributed by atoms with Gasteiger partial charge in [-0.1, -0.05) is 51.4 Å². The van der Waals surface area contributed by atoms with Gasteiger partial charge >= 0.3 is 0 Å². The summed E-state index contributed by atoms with van der Waals surface area (Å²) in [5, 5.41) is 0. The number of carbonyl (C=O) groups excluding carboxylic acids is 1. The zero-order valence-corrected chi connectivity index (χ0v) is 15.2. The number of rotatable bonds is 5. The van der Waals surface area contributed by atoms with Crippen molar-refractivity contribution in [3.8, 4) is 0 Å². The molecule has 0 aromatic carbocycles. The molecule has 1 aliphatic heterocycles. The predicted octanol–water partition coefficient (Wildman–Crippen LogP) is 2.92. The van der Waals surface area contributed by atoms with E-state index in [1.165, 1.54) is 56.3 Å². The first-order valence-corrected chi connectivity index (χ1v) is 9.87. The number of hydrogen-bond acceptors (Lipinski definition) is 4. The Kier molecular flexibility index (Phi) is 5.19. The Morgan fingerprint density at radius 3 is 2.33 bits per heavy atom. The molecule has 0 bridgehead atoms. The highest BCUT2D eigenvalue weighted by Crippen LogP contribution is 2.41. The van der Waals surface area contributed by atoms with Gasteiger partial charge in [-0.2, -0.15) is 0 Å². The van der Waals surface area contributed by atoms with Crippen LogP contribution in [0.1, 0.15) is 83.5 Å². The highest BCUT2D eigenvalue weighted by molar-refractivity contribution is 6.06. The fourth-order valence-electron chi connectivity index (χ4n) is 5.06. The number of hydrogen-bond donors (Lipinski definition) is 2. The number of amides is 1. The Hall–Kier alpha value is -1.10. The van der Waals surface area contributed by atoms with E-state index in [0.29, 0.717) is 12.4 Å². The van der Waals surface area contributed by atoms with Gasteiger partial charge in [-0.25, -0.2) is 4.99 Å². The van der Waals surface area contributed by atoms with Crippen molar-refractivity contribution in [1.82, 2.24) is 4.90 Å². The molecule has 3 aliphatic rings. The van der Waals surface area contributed by atoms with Crippen LogP contribution in [0.2, 0.25) is 0 Å². The molecule has 5 nitrogen and oxygen atoms in total. The maximum absolute atomic E-state index is 13.0. The van der Waals surface area contributed by atoms with Crippen molar-refractivity contribution >= 4 is 11.9 Å². The quantitative estimate of drug-likeness (QED) is 0.810. The molecule has 4 N–H and O–H groups in total. The molecule has 2 aliphatic carbocycles. The van der Waals surface area contributed by atoms with Gasteiger partial charge in [-0.3, -0.25) is 9.69 Å². The third-order valence-electron chi connectivity index (χ3n) is 6.56. The number of aliphatic imine (C=N–C) groups is 1. The average molecular weight is 335 g/mol. The lowest BCUT2D eigenvalue weighted by atomic mass is 9.71. The molecule has 0 spiro atoms. The predicted molar refractivity (Wildman–Crippen MR) is 97.6 cm³/mol. The smallest absolute Gasteiger partial charge is 0.257 e. The van der Waals surface area contributed by atoms with Gasteiger partial charge in [0, 0.05) is 12.6 Å². The first-order valence-electron chi connectivity index (χ1n) is 9.87. The van der Waals surface area contributed by atoms with Gasteiger partial charge in [0.25, 0.3) is 5.91 Å². The Balaban J connectivity index is 1.75. The molecule has 1 amide bonds. The van der Waals surface area contributed by atoms with Crippen LogP contribution in [-0.2, 0) is 4.79 Å². The Bertz CT molecular complexity index is 492. The number of nitrogens with zero attached hydrogens (tertiary/aromatic N) is 2. The van der Waals surface area contributed by atoms with Crippen molar-refractivity contribution < 1.29 is 4.79 Å². The van der Waals surface area contributed by atoms with Crippen LogP contribution in [0.25, 0.3) is 0 Å². The number of guanidine groups is 1. The summed E-state index contributed by atoms with van der Waals surface area (Å²) in [5.74, 6) is 1.17. The molecule has 0 unspecified atom stereocenters. The van der Waals surface area contributed by atoms with E-state index >= 15 is 0 Å². The first kappa shape index (κ1) is 17.7. The maximum Gasteiger partial charge on any atom is 0.257 e. The van der Waals surface area contributed by atoms with Crippen LogP contribution in [0, 0.1) is 5.92 Å². The lowest BCUT2D eigenvalue weighted by Gasteiger charge is -2.39. The SMILES string of the molecule is CN1C(=O)[C@@](CCC2CCCCC2)(CC2(N)CCCCC2)N=C1N. The van der Waals surface area contributed by atoms with E-state index in [-0.39, 0.29) is 11.4 Å². The van der Waals surface area contributed by atoms with Crippen LogP contribution in [0.4, 0.5) is 0 Å². The lowest BCUT2D eigenvalue weighted by Crippen LogP contribution is -2.52. The largest absolute Gasteiger partial charge is 0.369 e. The molecule has 136 valence electrons. The summed E-state index contributed by atoms with van der Waals surface area (Å²) in [5.41, 5.74) is 11.8. The van der Waals surface area contributed by atoms with Crippen LogP contribution in [0.3, 0.4) is 0 Å². The number of likely N-dealkylation sites (N-methyl/N-ethyl adjacent to an activating group) is 1. The number of nitrogens with two attached hydrogens (primary N) is 2. The molecule has 0 aromatic rings. The monoisotopic (exact) mass is 334 g/mol. The average Bonchev–Trinajstić information content (AvgIpc) is 2.78. The van der Waals surface area contributed by atoms with Crippen molar-refractivity contribution in [1.29, 1.82) is 0 Å². The molecule has 24 heavy (non-hydrogen) atoms. The van der Waals surface area contributed by atoms with E-state index in [4.69, 9.17) is 16.5 Å². The summed E-state index contributed by atoms with van der Waals surface area (Å²) in [6.07, 6.45) is 14.8. The normalized spacial score (nSPS) is 31.3. The van der Waals surface area contributed by atoms with Gasteiger partial charge in [0.15, 0.2) is 5.96 Å². The second kappa shape index (κ2) is 7.03. The van der Waals surface area contributed by atoms with Gasteiger partial charge in [-0.05, 0) is 38.0 Å². The van der Waals surface area contributed by atoms with E-state index < -0.39 is 5.54 Å². The summed E-state index contributed by atoms with van der Waals surface area (Å²) < 4.78 is 0. The Morgan fingerprint density at radius 1 is 1.12 bits per heavy atom. The molecule has 1 heterocycles. The van der Waals surface area contributed by atoms with Gasteiger partial charge in [0.1, 0.15) is 5.54 Å². The van der Waals surface area contributed by atoms with Gasteiger partial charge in [0.2, 0.25) is 0 Å². The molecule has 2 saturated carbocycles. The maximum atomic E-state index is 13.0. The molecule has 0 aromatic heterocycles. The van der Waals surface area contributed by atoms with Gasteiger partial charge < -0.3 is 11.5 Å². The van der Waals surface area contributed by atoms with Crippen molar-refractivity contribution in [2.24, 2.45) is 22.4 Å². The minimum absolute atomic E-state index is 0.0613. The number of carbonyl (C=O) groups is 1. The fourth-order valence-corrected chi connectivity index (χ4v) is 5.06. The van der Waals surface area contributed by atoms with Crippen LogP contribution < -0.4 is 11.5 Å². The molecule has 3 rings (SSSR count). The second-order valence-electron chi connectivity index (χ2n) is 8.51. The van der Waals surface area contributed by atoms with Crippen molar-refractivity contribution in [3.63, 3.8) is 0 Å². The van der Waals surface area contributed by atoms with Crippen LogP contribution >= 0.6 is 0 Å². The van der Waals surface area contributed by atoms with Crippen molar-refractivity contribution in [2.45, 2.75) is 94.5 Å². The second-order valence-corrected chi connectivity index (χ2v) is 8.51. The van der Waals surface area contributed by atoms with Gasteiger partial charge in [-0.15, -0.1) is 0 Å². The molecule has 1 atom stereocenters. The summed E-state index contributed by atoms with van der Waals surface area (Å²) in [4.78, 5) is 19.2. The Morgan fingerprint density at radius 2 is 1.75 bits per heavy atom. The van der Waals surface area contributed by atoms with E-state index in [2.05, 4.69) is 0 Å². The minimum atomic E-state index is -0.706. The molecule has 2 fully saturated rings. The third-order valence-corrected chi connectivity index (χ3v) is 6.56. The van der Waals surface area contributed by atoms with Crippen molar-refractivity contribution in [2.75, 3.05) is 7.05 Å². The zero-order valence-electron chi connectivity index (χ0n) is 15.2. The Labute approximate surface area is 146 Å². The van der Waals surface area contributed by atoms with Crippen LogP contribution in [0.5, 0.6) is 0 Å². The van der Waals surface area contributed by atoms with E-state index in [0.717, 1.165) is 31.6 Å². The molecule has 5 heteroatoms. The van der Waals surface area contributed by atoms with Crippen molar-refractivity contribution in [3.05, 3.63) is 0 Å². The van der Waals surface area contributed by atoms with Gasteiger partial charge in [0.05, 0.1) is 0 Å².